The Hall–Kier alpha value is -1.84. The molecule has 0 aromatic heterocycles. The number of carbonyl (C=O) groups excluding carboxylic acids is 2. The summed E-state index contributed by atoms with van der Waals surface area (Å²) in [4.78, 5) is 25.2. The van der Waals surface area contributed by atoms with Gasteiger partial charge < -0.3 is 4.74 Å². The lowest BCUT2D eigenvalue weighted by molar-refractivity contribution is -0.153. The van der Waals surface area contributed by atoms with Crippen molar-refractivity contribution in [3.8, 4) is 0 Å². The van der Waals surface area contributed by atoms with Crippen LogP contribution in [0.1, 0.15) is 25.8 Å². The summed E-state index contributed by atoms with van der Waals surface area (Å²) < 4.78 is 4.79. The molecule has 1 unspecified atom stereocenters. The zero-order chi connectivity index (χ0) is 13.1. The van der Waals surface area contributed by atoms with Gasteiger partial charge in [-0.2, -0.15) is 0 Å². The first kappa shape index (κ1) is 12.6. The van der Waals surface area contributed by atoms with E-state index in [1.54, 1.807) is 11.8 Å². The zero-order valence-electron chi connectivity index (χ0n) is 10.7. The van der Waals surface area contributed by atoms with Crippen molar-refractivity contribution in [2.45, 2.75) is 32.7 Å². The van der Waals surface area contributed by atoms with Crippen LogP contribution in [0.3, 0.4) is 0 Å². The van der Waals surface area contributed by atoms with E-state index in [1.165, 1.54) is 0 Å². The van der Waals surface area contributed by atoms with Crippen LogP contribution < -0.4 is 4.90 Å². The number of rotatable bonds is 1. The van der Waals surface area contributed by atoms with Crippen molar-refractivity contribution >= 4 is 17.6 Å². The van der Waals surface area contributed by atoms with E-state index in [0.717, 1.165) is 24.1 Å². The summed E-state index contributed by atoms with van der Waals surface area (Å²) in [5.74, 6) is -1.35. The normalized spacial score (nSPS) is 18.1. The largest absolute Gasteiger partial charge is 0.459 e. The van der Waals surface area contributed by atoms with Gasteiger partial charge in [-0.3, -0.25) is 9.69 Å². The summed E-state index contributed by atoms with van der Waals surface area (Å²) in [5.41, 5.74) is 1.93. The number of ether oxygens (including phenoxy) is 1. The number of carbonyl (C=O) groups is 2. The highest BCUT2D eigenvalue weighted by molar-refractivity contribution is 6.38. The van der Waals surface area contributed by atoms with E-state index in [2.05, 4.69) is 0 Å². The molecule has 0 N–H and O–H groups in total. The summed E-state index contributed by atoms with van der Waals surface area (Å²) in [6, 6.07) is 7.72. The van der Waals surface area contributed by atoms with Gasteiger partial charge in [-0.1, -0.05) is 18.2 Å². The van der Waals surface area contributed by atoms with Crippen LogP contribution in [0, 0.1) is 0 Å². The molecule has 0 radical (unpaired) electrons. The number of aryl methyl sites for hydroxylation is 1. The summed E-state index contributed by atoms with van der Waals surface area (Å²) in [7, 11) is 0. The average molecular weight is 247 g/mol. The molecule has 0 fully saturated rings. The minimum atomic E-state index is -0.777. The summed E-state index contributed by atoms with van der Waals surface area (Å²) in [6.07, 6.45) is 1.80. The Kier molecular flexibility index (Phi) is 3.65. The van der Waals surface area contributed by atoms with Gasteiger partial charge >= 0.3 is 11.9 Å². The molecule has 4 heteroatoms. The molecular weight excluding hydrogens is 230 g/mol. The molecular formula is C14H17NO3. The smallest absolute Gasteiger partial charge is 0.397 e. The van der Waals surface area contributed by atoms with Gasteiger partial charge in [0.15, 0.2) is 0 Å². The number of nitrogens with zero attached hydrogens (tertiary/aromatic N) is 1. The number of hydrogen-bond acceptors (Lipinski definition) is 3. The second kappa shape index (κ2) is 5.21. The number of amides is 1. The van der Waals surface area contributed by atoms with E-state index in [0.29, 0.717) is 0 Å². The lowest BCUT2D eigenvalue weighted by Gasteiger charge is -2.34. The van der Waals surface area contributed by atoms with Crippen LogP contribution in [0.4, 0.5) is 5.69 Å². The quantitative estimate of drug-likeness (QED) is 0.562. The molecule has 96 valence electrons. The molecule has 1 aliphatic heterocycles. The third kappa shape index (κ3) is 2.23. The van der Waals surface area contributed by atoms with E-state index in [4.69, 9.17) is 4.74 Å². The fraction of sp³-hybridized carbons (Fsp3) is 0.429. The predicted octanol–water partition coefficient (Wildman–Crippen LogP) is 1.92. The van der Waals surface area contributed by atoms with Crippen LogP contribution in [0.5, 0.6) is 0 Å². The Labute approximate surface area is 107 Å². The van der Waals surface area contributed by atoms with Crippen LogP contribution in [0.25, 0.3) is 0 Å². The van der Waals surface area contributed by atoms with Crippen molar-refractivity contribution < 1.29 is 14.3 Å². The van der Waals surface area contributed by atoms with Crippen molar-refractivity contribution in [3.63, 3.8) is 0 Å². The van der Waals surface area contributed by atoms with Gasteiger partial charge in [-0.15, -0.1) is 0 Å². The van der Waals surface area contributed by atoms with Crippen LogP contribution in [-0.4, -0.2) is 24.5 Å². The lowest BCUT2D eigenvalue weighted by atomic mass is 9.96. The summed E-state index contributed by atoms with van der Waals surface area (Å²) in [5, 5.41) is 0. The highest BCUT2D eigenvalue weighted by Crippen LogP contribution is 2.30. The standard InChI is InChI=1S/C14H17NO3/c1-3-18-14(17)13(16)15-10(2)8-9-11-6-4-5-7-12(11)15/h4-7,10H,3,8-9H2,1-2H3. The first-order valence-corrected chi connectivity index (χ1v) is 6.23. The predicted molar refractivity (Wildman–Crippen MR) is 68.3 cm³/mol. The van der Waals surface area contributed by atoms with E-state index >= 15 is 0 Å². The van der Waals surface area contributed by atoms with E-state index < -0.39 is 11.9 Å². The van der Waals surface area contributed by atoms with E-state index in [9.17, 15) is 9.59 Å². The lowest BCUT2D eigenvalue weighted by Crippen LogP contribution is -2.46. The van der Waals surface area contributed by atoms with Crippen LogP contribution in [0.15, 0.2) is 24.3 Å². The Bertz CT molecular complexity index is 470. The van der Waals surface area contributed by atoms with Crippen molar-refractivity contribution in [1.29, 1.82) is 0 Å². The Morgan fingerprint density at radius 3 is 2.83 bits per heavy atom. The van der Waals surface area contributed by atoms with Gasteiger partial charge in [0.2, 0.25) is 0 Å². The molecule has 0 spiro atoms. The minimum Gasteiger partial charge on any atom is -0.459 e. The SMILES string of the molecule is CCOC(=O)C(=O)N1c2ccccc2CCC1C. The van der Waals surface area contributed by atoms with Crippen LogP contribution in [-0.2, 0) is 20.7 Å². The molecule has 0 bridgehead atoms. The molecule has 1 heterocycles. The highest BCUT2D eigenvalue weighted by atomic mass is 16.5. The highest BCUT2D eigenvalue weighted by Gasteiger charge is 2.32. The Balaban J connectivity index is 2.32. The maximum Gasteiger partial charge on any atom is 0.397 e. The molecule has 1 atom stereocenters. The fourth-order valence-corrected chi connectivity index (χ4v) is 2.29. The van der Waals surface area contributed by atoms with Gasteiger partial charge in [0, 0.05) is 11.7 Å². The average Bonchev–Trinajstić information content (AvgIpc) is 2.38. The molecule has 1 aromatic rings. The third-order valence-corrected chi connectivity index (χ3v) is 3.19. The third-order valence-electron chi connectivity index (χ3n) is 3.19. The molecule has 1 aliphatic rings. The van der Waals surface area contributed by atoms with E-state index in [1.807, 2.05) is 31.2 Å². The first-order valence-electron chi connectivity index (χ1n) is 6.23. The molecule has 0 saturated heterocycles. The molecule has 1 amide bonds. The number of para-hydroxylation sites is 1. The number of fused-ring (bicyclic) bond motifs is 1. The van der Waals surface area contributed by atoms with Gasteiger partial charge in [-0.25, -0.2) is 4.79 Å². The molecule has 0 saturated carbocycles. The first-order chi connectivity index (χ1) is 8.65. The van der Waals surface area contributed by atoms with Crippen molar-refractivity contribution in [1.82, 2.24) is 0 Å². The van der Waals surface area contributed by atoms with Gasteiger partial charge in [0.1, 0.15) is 0 Å². The maximum absolute atomic E-state index is 12.1. The van der Waals surface area contributed by atoms with Crippen LogP contribution >= 0.6 is 0 Å². The van der Waals surface area contributed by atoms with Crippen molar-refractivity contribution in [2.75, 3.05) is 11.5 Å². The van der Waals surface area contributed by atoms with Gasteiger partial charge in [-0.05, 0) is 38.3 Å². The molecule has 4 nitrogen and oxygen atoms in total. The zero-order valence-corrected chi connectivity index (χ0v) is 10.7. The fourth-order valence-electron chi connectivity index (χ4n) is 2.29. The number of esters is 1. The second-order valence-corrected chi connectivity index (χ2v) is 4.41. The monoisotopic (exact) mass is 247 g/mol. The molecule has 1 aromatic carbocycles. The molecule has 2 rings (SSSR count). The van der Waals surface area contributed by atoms with Gasteiger partial charge in [0.25, 0.3) is 0 Å². The molecule has 0 aliphatic carbocycles. The van der Waals surface area contributed by atoms with E-state index in [-0.39, 0.29) is 12.6 Å². The topological polar surface area (TPSA) is 46.6 Å². The summed E-state index contributed by atoms with van der Waals surface area (Å²) in [6.45, 7) is 3.86. The number of hydrogen-bond donors (Lipinski definition) is 0. The number of benzene rings is 1. The van der Waals surface area contributed by atoms with Crippen molar-refractivity contribution in [3.05, 3.63) is 29.8 Å². The summed E-state index contributed by atoms with van der Waals surface area (Å²) >= 11 is 0. The minimum absolute atomic E-state index is 0.0248. The second-order valence-electron chi connectivity index (χ2n) is 4.41. The maximum atomic E-state index is 12.1. The molecule has 18 heavy (non-hydrogen) atoms. The Morgan fingerprint density at radius 2 is 2.11 bits per heavy atom. The van der Waals surface area contributed by atoms with Crippen molar-refractivity contribution in [2.24, 2.45) is 0 Å². The van der Waals surface area contributed by atoms with Gasteiger partial charge in [0.05, 0.1) is 6.61 Å². The van der Waals surface area contributed by atoms with Crippen LogP contribution in [0.2, 0.25) is 0 Å². The Morgan fingerprint density at radius 1 is 1.39 bits per heavy atom. The number of anilines is 1.